The SMILES string of the molecule is CCOCOC(=O)c1cccc(N)c1C. The monoisotopic (exact) mass is 209 g/mol. The zero-order valence-corrected chi connectivity index (χ0v) is 8.95. The molecule has 0 aromatic heterocycles. The van der Waals surface area contributed by atoms with Crippen LogP contribution in [0.15, 0.2) is 18.2 Å². The average molecular weight is 209 g/mol. The average Bonchev–Trinajstić information content (AvgIpc) is 2.22. The van der Waals surface area contributed by atoms with Crippen LogP contribution in [0.1, 0.15) is 22.8 Å². The van der Waals surface area contributed by atoms with Gasteiger partial charge in [0, 0.05) is 12.3 Å². The molecule has 0 aliphatic carbocycles. The molecule has 0 radical (unpaired) electrons. The van der Waals surface area contributed by atoms with Gasteiger partial charge in [-0.1, -0.05) is 6.07 Å². The van der Waals surface area contributed by atoms with Gasteiger partial charge in [-0.15, -0.1) is 0 Å². The summed E-state index contributed by atoms with van der Waals surface area (Å²) in [5.41, 5.74) is 7.47. The second kappa shape index (κ2) is 5.36. The number of hydrogen-bond acceptors (Lipinski definition) is 4. The van der Waals surface area contributed by atoms with E-state index in [9.17, 15) is 4.79 Å². The normalized spacial score (nSPS) is 10.0. The minimum Gasteiger partial charge on any atom is -0.435 e. The molecule has 2 N–H and O–H groups in total. The van der Waals surface area contributed by atoms with Gasteiger partial charge in [0.25, 0.3) is 0 Å². The second-order valence-electron chi connectivity index (χ2n) is 3.06. The molecule has 0 saturated carbocycles. The quantitative estimate of drug-likeness (QED) is 0.355. The zero-order valence-electron chi connectivity index (χ0n) is 8.95. The lowest BCUT2D eigenvalue weighted by Crippen LogP contribution is -2.11. The van der Waals surface area contributed by atoms with Gasteiger partial charge in [-0.3, -0.25) is 0 Å². The molecular weight excluding hydrogens is 194 g/mol. The van der Waals surface area contributed by atoms with E-state index >= 15 is 0 Å². The lowest BCUT2D eigenvalue weighted by atomic mass is 10.1. The third kappa shape index (κ3) is 2.95. The van der Waals surface area contributed by atoms with Crippen LogP contribution in [0.5, 0.6) is 0 Å². The van der Waals surface area contributed by atoms with E-state index in [1.54, 1.807) is 25.1 Å². The topological polar surface area (TPSA) is 61.5 Å². The smallest absolute Gasteiger partial charge is 0.340 e. The van der Waals surface area contributed by atoms with E-state index in [4.69, 9.17) is 15.2 Å². The van der Waals surface area contributed by atoms with Crippen molar-refractivity contribution >= 4 is 11.7 Å². The molecule has 0 heterocycles. The van der Waals surface area contributed by atoms with Crippen molar-refractivity contribution in [3.63, 3.8) is 0 Å². The van der Waals surface area contributed by atoms with Crippen LogP contribution < -0.4 is 5.73 Å². The molecule has 0 bridgehead atoms. The molecular formula is C11H15NO3. The van der Waals surface area contributed by atoms with Gasteiger partial charge in [-0.25, -0.2) is 4.79 Å². The van der Waals surface area contributed by atoms with Crippen LogP contribution in [0, 0.1) is 6.92 Å². The van der Waals surface area contributed by atoms with Crippen molar-refractivity contribution in [1.82, 2.24) is 0 Å². The zero-order chi connectivity index (χ0) is 11.3. The Balaban J connectivity index is 2.69. The number of ether oxygens (including phenoxy) is 2. The predicted molar refractivity (Wildman–Crippen MR) is 57.5 cm³/mol. The molecule has 0 fully saturated rings. The van der Waals surface area contributed by atoms with Gasteiger partial charge >= 0.3 is 5.97 Å². The van der Waals surface area contributed by atoms with Crippen molar-refractivity contribution in [2.24, 2.45) is 0 Å². The molecule has 0 atom stereocenters. The summed E-state index contributed by atoms with van der Waals surface area (Å²) in [4.78, 5) is 11.5. The van der Waals surface area contributed by atoms with Gasteiger partial charge in [-0.2, -0.15) is 0 Å². The number of nitrogen functional groups attached to an aromatic ring is 1. The van der Waals surface area contributed by atoms with Crippen molar-refractivity contribution in [3.8, 4) is 0 Å². The summed E-state index contributed by atoms with van der Waals surface area (Å²) in [5, 5.41) is 0. The second-order valence-corrected chi connectivity index (χ2v) is 3.06. The van der Waals surface area contributed by atoms with Gasteiger partial charge in [0.2, 0.25) is 0 Å². The molecule has 0 unspecified atom stereocenters. The van der Waals surface area contributed by atoms with Crippen molar-refractivity contribution in [2.75, 3.05) is 19.1 Å². The number of rotatable bonds is 4. The fraction of sp³-hybridized carbons (Fsp3) is 0.364. The molecule has 0 amide bonds. The van der Waals surface area contributed by atoms with Gasteiger partial charge in [0.05, 0.1) is 5.56 Å². The van der Waals surface area contributed by atoms with Crippen LogP contribution in [0.25, 0.3) is 0 Å². The summed E-state index contributed by atoms with van der Waals surface area (Å²) in [6.07, 6.45) is 0. The Morgan fingerprint density at radius 3 is 2.87 bits per heavy atom. The minimum absolute atomic E-state index is 0.0242. The van der Waals surface area contributed by atoms with Crippen LogP contribution in [0.4, 0.5) is 5.69 Å². The van der Waals surface area contributed by atoms with Gasteiger partial charge in [0.15, 0.2) is 6.79 Å². The Labute approximate surface area is 89.0 Å². The number of carbonyl (C=O) groups is 1. The molecule has 1 aromatic carbocycles. The summed E-state index contributed by atoms with van der Waals surface area (Å²) in [5.74, 6) is -0.409. The van der Waals surface area contributed by atoms with E-state index < -0.39 is 5.97 Å². The van der Waals surface area contributed by atoms with Crippen LogP contribution in [0.3, 0.4) is 0 Å². The Morgan fingerprint density at radius 1 is 1.47 bits per heavy atom. The summed E-state index contributed by atoms with van der Waals surface area (Å²) >= 11 is 0. The van der Waals surface area contributed by atoms with Gasteiger partial charge in [-0.05, 0) is 31.5 Å². The first kappa shape index (κ1) is 11.5. The largest absolute Gasteiger partial charge is 0.435 e. The van der Waals surface area contributed by atoms with Crippen molar-refractivity contribution in [3.05, 3.63) is 29.3 Å². The molecule has 0 aliphatic heterocycles. The fourth-order valence-electron chi connectivity index (χ4n) is 1.13. The first-order valence-corrected chi connectivity index (χ1v) is 4.76. The Kier molecular flexibility index (Phi) is 4.12. The van der Waals surface area contributed by atoms with E-state index in [-0.39, 0.29) is 6.79 Å². The maximum atomic E-state index is 11.5. The van der Waals surface area contributed by atoms with Crippen LogP contribution in [-0.4, -0.2) is 19.4 Å². The summed E-state index contributed by atoms with van der Waals surface area (Å²) in [7, 11) is 0. The summed E-state index contributed by atoms with van der Waals surface area (Å²) in [6, 6.07) is 5.15. The van der Waals surface area contributed by atoms with E-state index in [2.05, 4.69) is 0 Å². The fourth-order valence-corrected chi connectivity index (χ4v) is 1.13. The molecule has 4 heteroatoms. The van der Waals surface area contributed by atoms with E-state index in [0.717, 1.165) is 5.56 Å². The van der Waals surface area contributed by atoms with Crippen LogP contribution in [0.2, 0.25) is 0 Å². The molecule has 0 spiro atoms. The minimum atomic E-state index is -0.409. The lowest BCUT2D eigenvalue weighted by molar-refractivity contribution is -0.0275. The van der Waals surface area contributed by atoms with Crippen LogP contribution in [-0.2, 0) is 9.47 Å². The number of hydrogen-bond donors (Lipinski definition) is 1. The van der Waals surface area contributed by atoms with Gasteiger partial charge in [0.1, 0.15) is 0 Å². The van der Waals surface area contributed by atoms with E-state index in [1.165, 1.54) is 0 Å². The lowest BCUT2D eigenvalue weighted by Gasteiger charge is -2.08. The molecule has 15 heavy (non-hydrogen) atoms. The first-order chi connectivity index (χ1) is 7.16. The van der Waals surface area contributed by atoms with Crippen molar-refractivity contribution < 1.29 is 14.3 Å². The number of carbonyl (C=O) groups excluding carboxylic acids is 1. The molecule has 1 rings (SSSR count). The standard InChI is InChI=1S/C11H15NO3/c1-3-14-7-15-11(13)9-5-4-6-10(12)8(9)2/h4-6H,3,7,12H2,1-2H3. The van der Waals surface area contributed by atoms with E-state index in [1.807, 2.05) is 6.92 Å². The van der Waals surface area contributed by atoms with Gasteiger partial charge < -0.3 is 15.2 Å². The predicted octanol–water partition coefficient (Wildman–Crippen LogP) is 1.73. The molecule has 0 saturated heterocycles. The maximum Gasteiger partial charge on any atom is 0.340 e. The molecule has 82 valence electrons. The van der Waals surface area contributed by atoms with E-state index in [0.29, 0.717) is 17.9 Å². The number of nitrogens with two attached hydrogens (primary N) is 1. The summed E-state index contributed by atoms with van der Waals surface area (Å²) in [6.45, 7) is 4.11. The highest BCUT2D eigenvalue weighted by Gasteiger charge is 2.11. The molecule has 1 aromatic rings. The highest BCUT2D eigenvalue weighted by Crippen LogP contribution is 2.16. The Hall–Kier alpha value is -1.55. The van der Waals surface area contributed by atoms with Crippen molar-refractivity contribution in [2.45, 2.75) is 13.8 Å². The van der Waals surface area contributed by atoms with Crippen molar-refractivity contribution in [1.29, 1.82) is 0 Å². The Bertz CT molecular complexity index is 350. The van der Waals surface area contributed by atoms with Crippen LogP contribution >= 0.6 is 0 Å². The summed E-state index contributed by atoms with van der Waals surface area (Å²) < 4.78 is 9.81. The highest BCUT2D eigenvalue weighted by molar-refractivity contribution is 5.92. The number of anilines is 1. The number of esters is 1. The first-order valence-electron chi connectivity index (χ1n) is 4.76. The third-order valence-corrected chi connectivity index (χ3v) is 2.07. The molecule has 0 aliphatic rings. The third-order valence-electron chi connectivity index (χ3n) is 2.07. The highest BCUT2D eigenvalue weighted by atomic mass is 16.7. The molecule has 4 nitrogen and oxygen atoms in total. The number of benzene rings is 1. The maximum absolute atomic E-state index is 11.5. The Morgan fingerprint density at radius 2 is 2.20 bits per heavy atom.